The molecule has 0 radical (unpaired) electrons. The maximum absolute atomic E-state index is 6.03. The van der Waals surface area contributed by atoms with E-state index in [4.69, 9.17) is 15.2 Å². The molecule has 1 aliphatic rings. The van der Waals surface area contributed by atoms with Crippen molar-refractivity contribution in [3.8, 4) is 22.9 Å². The summed E-state index contributed by atoms with van der Waals surface area (Å²) in [4.78, 5) is 13.3. The van der Waals surface area contributed by atoms with Gasteiger partial charge in [-0.15, -0.1) is 10.2 Å². The molecule has 0 bridgehead atoms. The Bertz CT molecular complexity index is 1400. The molecule has 0 atom stereocenters. The van der Waals surface area contributed by atoms with Gasteiger partial charge >= 0.3 is 0 Å². The van der Waals surface area contributed by atoms with Crippen molar-refractivity contribution in [1.29, 1.82) is 0 Å². The summed E-state index contributed by atoms with van der Waals surface area (Å²) in [5.74, 6) is 3.80. The van der Waals surface area contributed by atoms with Crippen molar-refractivity contribution in [3.05, 3.63) is 53.9 Å². The first kappa shape index (κ1) is 25.8. The normalized spacial score (nSPS) is 13.9. The van der Waals surface area contributed by atoms with Crippen molar-refractivity contribution >= 4 is 29.3 Å². The second kappa shape index (κ2) is 11.7. The summed E-state index contributed by atoms with van der Waals surface area (Å²) in [6.45, 7) is 2.03. The fourth-order valence-electron chi connectivity index (χ4n) is 4.74. The molecule has 0 aliphatic heterocycles. The molecule has 0 unspecified atom stereocenters. The highest BCUT2D eigenvalue weighted by Crippen LogP contribution is 2.38. The zero-order valence-electron chi connectivity index (χ0n) is 21.8. The number of nitrogens with one attached hydrogen (secondary N) is 1. The number of para-hydroxylation sites is 1. The Hall–Kier alpha value is -3.86. The standard InChI is InChI=1S/C27H32N8O2S/c1-17-9-7-8-12-20(17)29-26-31-23(30-25(28)32-26)16-38-27-34-33-24(35(27)19-10-5-4-6-11-19)18-13-14-21(36-2)22(15-18)37-3/h7-9,12-15,19H,4-6,10-11,16H2,1-3H3,(H3,28,29,30,31,32). The molecule has 4 aromatic rings. The van der Waals surface area contributed by atoms with E-state index in [0.29, 0.717) is 35.1 Å². The third-order valence-electron chi connectivity index (χ3n) is 6.67. The first-order chi connectivity index (χ1) is 18.6. The lowest BCUT2D eigenvalue weighted by molar-refractivity contribution is 0.339. The molecule has 0 amide bonds. The molecule has 2 heterocycles. The number of ether oxygens (including phenoxy) is 2. The van der Waals surface area contributed by atoms with Crippen LogP contribution >= 0.6 is 11.8 Å². The molecule has 1 aliphatic carbocycles. The molecule has 38 heavy (non-hydrogen) atoms. The Morgan fingerprint density at radius 2 is 1.76 bits per heavy atom. The summed E-state index contributed by atoms with van der Waals surface area (Å²) in [7, 11) is 3.27. The van der Waals surface area contributed by atoms with Crippen LogP contribution in [0.25, 0.3) is 11.4 Å². The van der Waals surface area contributed by atoms with Gasteiger partial charge in [0.05, 0.1) is 20.0 Å². The van der Waals surface area contributed by atoms with Crippen LogP contribution in [0.5, 0.6) is 11.5 Å². The monoisotopic (exact) mass is 532 g/mol. The molecule has 11 heteroatoms. The maximum atomic E-state index is 6.03. The van der Waals surface area contributed by atoms with Gasteiger partial charge in [0, 0.05) is 17.3 Å². The van der Waals surface area contributed by atoms with Crippen molar-refractivity contribution in [3.63, 3.8) is 0 Å². The van der Waals surface area contributed by atoms with Gasteiger partial charge in [-0.2, -0.15) is 15.0 Å². The fraction of sp³-hybridized carbons (Fsp3) is 0.370. The minimum Gasteiger partial charge on any atom is -0.493 e. The molecule has 3 N–H and O–H groups in total. The van der Waals surface area contributed by atoms with E-state index >= 15 is 0 Å². The lowest BCUT2D eigenvalue weighted by atomic mass is 9.95. The third kappa shape index (κ3) is 5.67. The van der Waals surface area contributed by atoms with Crippen LogP contribution in [-0.2, 0) is 5.75 Å². The maximum Gasteiger partial charge on any atom is 0.232 e. The van der Waals surface area contributed by atoms with E-state index in [1.807, 2.05) is 49.4 Å². The van der Waals surface area contributed by atoms with Crippen LogP contribution in [-0.4, -0.2) is 43.9 Å². The number of aromatic nitrogens is 6. The topological polar surface area (TPSA) is 126 Å². The van der Waals surface area contributed by atoms with E-state index in [1.54, 1.807) is 26.0 Å². The number of thioether (sulfide) groups is 1. The number of aryl methyl sites for hydroxylation is 1. The minimum atomic E-state index is 0.173. The van der Waals surface area contributed by atoms with Gasteiger partial charge in [0.1, 0.15) is 5.82 Å². The first-order valence-corrected chi connectivity index (χ1v) is 13.7. The second-order valence-electron chi connectivity index (χ2n) is 9.20. The fourth-order valence-corrected chi connectivity index (χ4v) is 5.60. The van der Waals surface area contributed by atoms with Crippen LogP contribution in [0.2, 0.25) is 0 Å². The largest absolute Gasteiger partial charge is 0.493 e. The zero-order valence-corrected chi connectivity index (χ0v) is 22.7. The van der Waals surface area contributed by atoms with Crippen LogP contribution in [0.1, 0.15) is 49.5 Å². The average Bonchev–Trinajstić information content (AvgIpc) is 3.37. The van der Waals surface area contributed by atoms with E-state index in [-0.39, 0.29) is 5.95 Å². The molecule has 198 valence electrons. The summed E-state index contributed by atoms with van der Waals surface area (Å²) in [5.41, 5.74) is 8.98. The summed E-state index contributed by atoms with van der Waals surface area (Å²) in [5, 5.41) is 13.3. The zero-order chi connectivity index (χ0) is 26.5. The first-order valence-electron chi connectivity index (χ1n) is 12.7. The van der Waals surface area contributed by atoms with Crippen LogP contribution in [0.3, 0.4) is 0 Å². The Morgan fingerprint density at radius 3 is 2.53 bits per heavy atom. The van der Waals surface area contributed by atoms with Crippen LogP contribution in [0.4, 0.5) is 17.6 Å². The SMILES string of the molecule is COc1ccc(-c2nnc(SCc3nc(N)nc(Nc4ccccc4C)n3)n2C2CCCCC2)cc1OC. The number of hydrogen-bond acceptors (Lipinski definition) is 10. The molecule has 1 saturated carbocycles. The number of benzene rings is 2. The van der Waals surface area contributed by atoms with Crippen molar-refractivity contribution in [2.45, 2.75) is 56.0 Å². The highest BCUT2D eigenvalue weighted by Gasteiger charge is 2.25. The molecule has 0 saturated heterocycles. The molecule has 10 nitrogen and oxygen atoms in total. The number of methoxy groups -OCH3 is 2. The average molecular weight is 533 g/mol. The molecule has 1 fully saturated rings. The Labute approximate surface area is 226 Å². The Morgan fingerprint density at radius 1 is 0.974 bits per heavy atom. The van der Waals surface area contributed by atoms with Crippen molar-refractivity contribution < 1.29 is 9.47 Å². The van der Waals surface area contributed by atoms with E-state index in [0.717, 1.165) is 40.6 Å². The molecular formula is C27H32N8O2S. The van der Waals surface area contributed by atoms with E-state index in [2.05, 4.69) is 35.0 Å². The second-order valence-corrected chi connectivity index (χ2v) is 10.1. The van der Waals surface area contributed by atoms with E-state index in [9.17, 15) is 0 Å². The highest BCUT2D eigenvalue weighted by molar-refractivity contribution is 7.98. The minimum absolute atomic E-state index is 0.173. The van der Waals surface area contributed by atoms with Gasteiger partial charge in [-0.3, -0.25) is 4.57 Å². The summed E-state index contributed by atoms with van der Waals surface area (Å²) < 4.78 is 13.2. The quantitative estimate of drug-likeness (QED) is 0.264. The van der Waals surface area contributed by atoms with Crippen LogP contribution < -0.4 is 20.5 Å². The predicted molar refractivity (Wildman–Crippen MR) is 149 cm³/mol. The molecule has 5 rings (SSSR count). The summed E-state index contributed by atoms with van der Waals surface area (Å²) >= 11 is 1.55. The Kier molecular flexibility index (Phi) is 7.92. The number of nitrogen functional groups attached to an aromatic ring is 1. The van der Waals surface area contributed by atoms with Crippen LogP contribution in [0, 0.1) is 6.92 Å². The molecule has 0 spiro atoms. The van der Waals surface area contributed by atoms with Crippen molar-refractivity contribution in [2.75, 3.05) is 25.3 Å². The lowest BCUT2D eigenvalue weighted by Crippen LogP contribution is -2.15. The number of hydrogen-bond donors (Lipinski definition) is 2. The van der Waals surface area contributed by atoms with Gasteiger partial charge in [0.15, 0.2) is 22.5 Å². The van der Waals surface area contributed by atoms with Gasteiger partial charge in [0.25, 0.3) is 0 Å². The molecule has 2 aromatic carbocycles. The van der Waals surface area contributed by atoms with Gasteiger partial charge in [0.2, 0.25) is 11.9 Å². The van der Waals surface area contributed by atoms with Gasteiger partial charge < -0.3 is 20.5 Å². The highest BCUT2D eigenvalue weighted by atomic mass is 32.2. The van der Waals surface area contributed by atoms with E-state index in [1.165, 1.54) is 19.3 Å². The van der Waals surface area contributed by atoms with Gasteiger partial charge in [-0.1, -0.05) is 49.2 Å². The van der Waals surface area contributed by atoms with Crippen molar-refractivity contribution in [2.24, 2.45) is 0 Å². The smallest absolute Gasteiger partial charge is 0.232 e. The number of rotatable bonds is 9. The van der Waals surface area contributed by atoms with Crippen LogP contribution in [0.15, 0.2) is 47.6 Å². The van der Waals surface area contributed by atoms with Gasteiger partial charge in [-0.25, -0.2) is 0 Å². The lowest BCUT2D eigenvalue weighted by Gasteiger charge is -2.25. The third-order valence-corrected chi connectivity index (χ3v) is 7.61. The summed E-state index contributed by atoms with van der Waals surface area (Å²) in [6.07, 6.45) is 5.82. The summed E-state index contributed by atoms with van der Waals surface area (Å²) in [6, 6.07) is 14.1. The number of nitrogens with two attached hydrogens (primary N) is 1. The predicted octanol–water partition coefficient (Wildman–Crippen LogP) is 5.58. The van der Waals surface area contributed by atoms with Crippen molar-refractivity contribution in [1.82, 2.24) is 29.7 Å². The molecule has 2 aromatic heterocycles. The van der Waals surface area contributed by atoms with E-state index < -0.39 is 0 Å². The Balaban J connectivity index is 1.42. The number of anilines is 3. The number of nitrogens with zero attached hydrogens (tertiary/aromatic N) is 6. The van der Waals surface area contributed by atoms with Gasteiger partial charge in [-0.05, 0) is 49.6 Å². The molecular weight excluding hydrogens is 500 g/mol.